The van der Waals surface area contributed by atoms with Crippen LogP contribution in [0.5, 0.6) is 5.75 Å². The highest BCUT2D eigenvalue weighted by Crippen LogP contribution is 2.19. The molecule has 4 rings (SSSR count). The summed E-state index contributed by atoms with van der Waals surface area (Å²) in [6.07, 6.45) is 6.85. The van der Waals surface area contributed by atoms with Crippen LogP contribution in [-0.4, -0.2) is 55.7 Å². The van der Waals surface area contributed by atoms with Crippen molar-refractivity contribution in [3.63, 3.8) is 0 Å². The van der Waals surface area contributed by atoms with Gasteiger partial charge in [0, 0.05) is 36.6 Å². The second-order valence-electron chi connectivity index (χ2n) is 8.66. The lowest BCUT2D eigenvalue weighted by molar-refractivity contribution is -0.114. The largest absolute Gasteiger partial charge is 0.491 e. The van der Waals surface area contributed by atoms with Crippen LogP contribution in [0.4, 0.5) is 11.4 Å². The van der Waals surface area contributed by atoms with Crippen LogP contribution in [0.2, 0.25) is 0 Å². The molecule has 2 saturated heterocycles. The topological polar surface area (TPSA) is 79.9 Å². The van der Waals surface area contributed by atoms with Crippen molar-refractivity contribution < 1.29 is 19.1 Å². The maximum absolute atomic E-state index is 12.7. The van der Waals surface area contributed by atoms with E-state index in [0.29, 0.717) is 17.9 Å². The Bertz CT molecular complexity index is 900. The Morgan fingerprint density at radius 3 is 2.27 bits per heavy atom. The van der Waals surface area contributed by atoms with Crippen LogP contribution in [0, 0.1) is 0 Å². The molecule has 0 saturated carbocycles. The van der Waals surface area contributed by atoms with Crippen LogP contribution in [0.3, 0.4) is 0 Å². The molecule has 0 radical (unpaired) electrons. The summed E-state index contributed by atoms with van der Waals surface area (Å²) in [4.78, 5) is 26.9. The van der Waals surface area contributed by atoms with Gasteiger partial charge in [0.1, 0.15) is 12.4 Å². The zero-order chi connectivity index (χ0) is 22.9. The molecule has 2 heterocycles. The molecular formula is C26H33N3O4. The lowest BCUT2D eigenvalue weighted by Crippen LogP contribution is -2.31. The van der Waals surface area contributed by atoms with Gasteiger partial charge in [0.15, 0.2) is 0 Å². The molecule has 2 aromatic rings. The summed E-state index contributed by atoms with van der Waals surface area (Å²) in [5, 5.41) is 5.98. The van der Waals surface area contributed by atoms with Crippen molar-refractivity contribution in [2.45, 2.75) is 44.6 Å². The Kier molecular flexibility index (Phi) is 8.19. The molecule has 2 N–H and O–H groups in total. The van der Waals surface area contributed by atoms with E-state index in [0.717, 1.165) is 56.8 Å². The van der Waals surface area contributed by atoms with Crippen molar-refractivity contribution in [3.05, 3.63) is 54.1 Å². The van der Waals surface area contributed by atoms with E-state index in [1.54, 1.807) is 0 Å². The summed E-state index contributed by atoms with van der Waals surface area (Å²) >= 11 is 0. The summed E-state index contributed by atoms with van der Waals surface area (Å²) in [5.74, 6) is 0.702. The Morgan fingerprint density at radius 1 is 0.909 bits per heavy atom. The second kappa shape index (κ2) is 11.7. The predicted molar refractivity (Wildman–Crippen MR) is 129 cm³/mol. The Morgan fingerprint density at radius 2 is 1.61 bits per heavy atom. The normalized spacial score (nSPS) is 18.4. The number of ether oxygens (including phenoxy) is 2. The number of carbonyl (C=O) groups excluding carboxylic acids is 2. The molecule has 0 spiro atoms. The molecule has 2 aromatic carbocycles. The predicted octanol–water partition coefficient (Wildman–Crippen LogP) is 4.31. The van der Waals surface area contributed by atoms with Gasteiger partial charge in [-0.3, -0.25) is 9.59 Å². The fourth-order valence-corrected chi connectivity index (χ4v) is 4.17. The van der Waals surface area contributed by atoms with E-state index >= 15 is 0 Å². The van der Waals surface area contributed by atoms with Gasteiger partial charge in [-0.2, -0.15) is 0 Å². The minimum Gasteiger partial charge on any atom is -0.491 e. The van der Waals surface area contributed by atoms with Crippen molar-refractivity contribution in [2.24, 2.45) is 0 Å². The molecule has 33 heavy (non-hydrogen) atoms. The van der Waals surface area contributed by atoms with Crippen molar-refractivity contribution in [2.75, 3.05) is 43.5 Å². The number of likely N-dealkylation sites (tertiary alicyclic amines) is 1. The first-order valence-corrected chi connectivity index (χ1v) is 11.9. The molecule has 2 fully saturated rings. The van der Waals surface area contributed by atoms with Gasteiger partial charge in [-0.25, -0.2) is 0 Å². The maximum atomic E-state index is 12.7. The molecule has 2 aliphatic rings. The molecule has 0 aliphatic carbocycles. The van der Waals surface area contributed by atoms with Gasteiger partial charge >= 0.3 is 0 Å². The first-order chi connectivity index (χ1) is 16.2. The summed E-state index contributed by atoms with van der Waals surface area (Å²) in [5.41, 5.74) is 2.20. The molecule has 176 valence electrons. The molecule has 2 aliphatic heterocycles. The maximum Gasteiger partial charge on any atom is 0.253 e. The third-order valence-corrected chi connectivity index (χ3v) is 6.08. The zero-order valence-corrected chi connectivity index (χ0v) is 19.1. The lowest BCUT2D eigenvalue weighted by atomic mass is 10.1. The molecule has 7 heteroatoms. The lowest BCUT2D eigenvalue weighted by Gasteiger charge is -2.20. The Balaban J connectivity index is 1.20. The zero-order valence-electron chi connectivity index (χ0n) is 19.1. The highest BCUT2D eigenvalue weighted by molar-refractivity contribution is 5.95. The van der Waals surface area contributed by atoms with Crippen LogP contribution >= 0.6 is 0 Å². The highest BCUT2D eigenvalue weighted by Gasteiger charge is 2.17. The molecule has 7 nitrogen and oxygen atoms in total. The van der Waals surface area contributed by atoms with Crippen LogP contribution in [0.1, 0.15) is 48.9 Å². The van der Waals surface area contributed by atoms with Gasteiger partial charge in [-0.15, -0.1) is 0 Å². The van der Waals surface area contributed by atoms with Crippen LogP contribution in [0.15, 0.2) is 48.5 Å². The molecule has 2 amide bonds. The molecular weight excluding hydrogens is 418 g/mol. The van der Waals surface area contributed by atoms with E-state index < -0.39 is 0 Å². The quantitative estimate of drug-likeness (QED) is 0.625. The fraction of sp³-hybridized carbons (Fsp3) is 0.462. The first kappa shape index (κ1) is 23.1. The minimum absolute atomic E-state index is 0.0874. The number of nitrogens with zero attached hydrogens (tertiary/aromatic N) is 1. The average molecular weight is 452 g/mol. The van der Waals surface area contributed by atoms with E-state index in [4.69, 9.17) is 9.47 Å². The smallest absolute Gasteiger partial charge is 0.253 e. The van der Waals surface area contributed by atoms with E-state index in [2.05, 4.69) is 10.6 Å². The summed E-state index contributed by atoms with van der Waals surface area (Å²) in [7, 11) is 0. The minimum atomic E-state index is -0.146. The van der Waals surface area contributed by atoms with Crippen molar-refractivity contribution in [1.82, 2.24) is 4.90 Å². The van der Waals surface area contributed by atoms with Crippen molar-refractivity contribution in [1.29, 1.82) is 0 Å². The SMILES string of the molecule is O=C(CNc1ccc(C(=O)N2CCCCCC2)cc1)Nc1ccc(OCC2CCCO2)cc1. The van der Waals surface area contributed by atoms with Crippen molar-refractivity contribution >= 4 is 23.2 Å². The summed E-state index contributed by atoms with van der Waals surface area (Å²) in [6.45, 7) is 3.17. The number of hydrogen-bond donors (Lipinski definition) is 2. The highest BCUT2D eigenvalue weighted by atomic mass is 16.5. The van der Waals surface area contributed by atoms with Crippen molar-refractivity contribution in [3.8, 4) is 5.75 Å². The van der Waals surface area contributed by atoms with Gasteiger partial charge in [0.25, 0.3) is 5.91 Å². The van der Waals surface area contributed by atoms with Gasteiger partial charge in [-0.05, 0) is 74.2 Å². The Labute approximate surface area is 195 Å². The molecule has 0 bridgehead atoms. The van der Waals surface area contributed by atoms with E-state index in [9.17, 15) is 9.59 Å². The Hall–Kier alpha value is -3.06. The number of amides is 2. The molecule has 1 atom stereocenters. The molecule has 1 unspecified atom stereocenters. The van der Waals surface area contributed by atoms with Gasteiger partial charge in [-0.1, -0.05) is 12.8 Å². The van der Waals surface area contributed by atoms with E-state index in [-0.39, 0.29) is 24.5 Å². The third kappa shape index (κ3) is 6.96. The van der Waals surface area contributed by atoms with E-state index in [1.807, 2.05) is 53.4 Å². The van der Waals surface area contributed by atoms with Gasteiger partial charge in [0.2, 0.25) is 5.91 Å². The number of anilines is 2. The van der Waals surface area contributed by atoms with Crippen LogP contribution in [0.25, 0.3) is 0 Å². The average Bonchev–Trinajstić information content (AvgIpc) is 3.22. The van der Waals surface area contributed by atoms with Gasteiger partial charge < -0.3 is 25.0 Å². The number of nitrogens with one attached hydrogen (secondary N) is 2. The van der Waals surface area contributed by atoms with Gasteiger partial charge in [0.05, 0.1) is 12.6 Å². The number of hydrogen-bond acceptors (Lipinski definition) is 5. The number of rotatable bonds is 8. The number of benzene rings is 2. The second-order valence-corrected chi connectivity index (χ2v) is 8.66. The van der Waals surface area contributed by atoms with Crippen LogP contribution < -0.4 is 15.4 Å². The summed E-state index contributed by atoms with van der Waals surface area (Å²) in [6, 6.07) is 14.7. The third-order valence-electron chi connectivity index (χ3n) is 6.08. The first-order valence-electron chi connectivity index (χ1n) is 11.9. The monoisotopic (exact) mass is 451 g/mol. The fourth-order valence-electron chi connectivity index (χ4n) is 4.17. The number of carbonyl (C=O) groups is 2. The molecule has 0 aromatic heterocycles. The summed E-state index contributed by atoms with van der Waals surface area (Å²) < 4.78 is 11.3. The van der Waals surface area contributed by atoms with E-state index in [1.165, 1.54) is 12.8 Å². The standard InChI is InChI=1S/C26H33N3O4/c30-25(28-22-11-13-23(14-12-22)33-19-24-6-5-17-32-24)18-27-21-9-7-20(8-10-21)26(31)29-15-3-1-2-4-16-29/h7-14,24,27H,1-6,15-19H2,(H,28,30). The van der Waals surface area contributed by atoms with Crippen LogP contribution in [-0.2, 0) is 9.53 Å².